The number of benzene rings is 1. The van der Waals surface area contributed by atoms with Gasteiger partial charge in [0.05, 0.1) is 0 Å². The van der Waals surface area contributed by atoms with Gasteiger partial charge in [0.1, 0.15) is 11.6 Å². The molecule has 1 aromatic carbocycles. The summed E-state index contributed by atoms with van der Waals surface area (Å²) in [6.07, 6.45) is -4.41. The Morgan fingerprint density at radius 2 is 1.93 bits per heavy atom. The third-order valence-corrected chi connectivity index (χ3v) is 2.18. The summed E-state index contributed by atoms with van der Waals surface area (Å²) in [7, 11) is 0. The van der Waals surface area contributed by atoms with Crippen molar-refractivity contribution in [2.45, 2.75) is 11.5 Å². The molecule has 15 heavy (non-hydrogen) atoms. The molecule has 0 atom stereocenters. The van der Waals surface area contributed by atoms with Crippen molar-refractivity contribution in [1.29, 1.82) is 0 Å². The highest BCUT2D eigenvalue weighted by atomic mass is 79.9. The van der Waals surface area contributed by atoms with Gasteiger partial charge in [0.2, 0.25) is 0 Å². The summed E-state index contributed by atoms with van der Waals surface area (Å²) in [5.74, 6) is -0.721. The highest BCUT2D eigenvalue weighted by Crippen LogP contribution is 2.21. The molecule has 0 aliphatic heterocycles. The number of ether oxygens (including phenoxy) is 1. The molecule has 0 aliphatic rings. The van der Waals surface area contributed by atoms with Crippen molar-refractivity contribution in [3.8, 4) is 5.75 Å². The summed E-state index contributed by atoms with van der Waals surface area (Å²) < 4.78 is 52.7. The van der Waals surface area contributed by atoms with E-state index in [9.17, 15) is 17.6 Å². The quantitative estimate of drug-likeness (QED) is 0.609. The molecule has 1 rings (SSSR count). The fourth-order valence-corrected chi connectivity index (χ4v) is 1.35. The van der Waals surface area contributed by atoms with Crippen LogP contribution in [0, 0.1) is 5.82 Å². The van der Waals surface area contributed by atoms with E-state index in [1.54, 1.807) is 0 Å². The first-order chi connectivity index (χ1) is 6.92. The first kappa shape index (κ1) is 12.3. The van der Waals surface area contributed by atoms with Gasteiger partial charge in [-0.05, 0) is 11.6 Å². The van der Waals surface area contributed by atoms with E-state index in [-0.39, 0.29) is 5.75 Å². The minimum atomic E-state index is -4.41. The maximum atomic E-state index is 13.1. The molecule has 0 aliphatic carbocycles. The van der Waals surface area contributed by atoms with Crippen LogP contribution in [0.4, 0.5) is 17.6 Å². The van der Waals surface area contributed by atoms with Crippen molar-refractivity contribution in [2.24, 2.45) is 0 Å². The second kappa shape index (κ2) is 4.83. The summed E-state index contributed by atoms with van der Waals surface area (Å²) in [6.45, 7) is -1.42. The van der Waals surface area contributed by atoms with Crippen LogP contribution < -0.4 is 4.74 Å². The average molecular weight is 287 g/mol. The van der Waals surface area contributed by atoms with Crippen LogP contribution in [0.15, 0.2) is 18.2 Å². The molecule has 1 nitrogen and oxygen atoms in total. The van der Waals surface area contributed by atoms with Crippen molar-refractivity contribution in [3.63, 3.8) is 0 Å². The molecule has 0 saturated heterocycles. The standard InChI is InChI=1S/C9H7BrF4O/c10-4-6-1-2-7(3-8(6)11)15-5-9(12,13)14/h1-3H,4-5H2. The highest BCUT2D eigenvalue weighted by molar-refractivity contribution is 9.08. The zero-order valence-electron chi connectivity index (χ0n) is 7.44. The molecule has 0 amide bonds. The van der Waals surface area contributed by atoms with Gasteiger partial charge in [0.25, 0.3) is 0 Å². The Morgan fingerprint density at radius 3 is 2.40 bits per heavy atom. The van der Waals surface area contributed by atoms with E-state index < -0.39 is 18.6 Å². The lowest BCUT2D eigenvalue weighted by Gasteiger charge is -2.09. The van der Waals surface area contributed by atoms with Gasteiger partial charge in [-0.15, -0.1) is 0 Å². The second-order valence-electron chi connectivity index (χ2n) is 2.79. The third kappa shape index (κ3) is 4.07. The number of halogens is 5. The Kier molecular flexibility index (Phi) is 3.96. The molecule has 1 aromatic rings. The normalized spacial score (nSPS) is 11.5. The van der Waals surface area contributed by atoms with Crippen molar-refractivity contribution >= 4 is 15.9 Å². The van der Waals surface area contributed by atoms with E-state index in [1.165, 1.54) is 12.1 Å². The molecule has 0 N–H and O–H groups in total. The van der Waals surface area contributed by atoms with Gasteiger partial charge in [-0.3, -0.25) is 0 Å². The zero-order valence-corrected chi connectivity index (χ0v) is 9.03. The fraction of sp³-hybridized carbons (Fsp3) is 0.333. The lowest BCUT2D eigenvalue weighted by molar-refractivity contribution is -0.153. The number of rotatable bonds is 3. The molecule has 0 aromatic heterocycles. The maximum absolute atomic E-state index is 13.1. The van der Waals surface area contributed by atoms with Crippen LogP contribution >= 0.6 is 15.9 Å². The minimum absolute atomic E-state index is 0.130. The summed E-state index contributed by atoms with van der Waals surface area (Å²) in [5, 5.41) is 0.304. The third-order valence-electron chi connectivity index (χ3n) is 1.57. The molecule has 0 unspecified atom stereocenters. The first-order valence-electron chi connectivity index (χ1n) is 3.96. The Balaban J connectivity index is 2.68. The molecular weight excluding hydrogens is 280 g/mol. The Bertz CT molecular complexity index is 337. The Morgan fingerprint density at radius 1 is 1.27 bits per heavy atom. The molecule has 0 saturated carbocycles. The van der Waals surface area contributed by atoms with Crippen molar-refractivity contribution in [3.05, 3.63) is 29.6 Å². The monoisotopic (exact) mass is 286 g/mol. The van der Waals surface area contributed by atoms with Crippen LogP contribution in [-0.2, 0) is 5.33 Å². The van der Waals surface area contributed by atoms with Crippen molar-refractivity contribution in [2.75, 3.05) is 6.61 Å². The van der Waals surface area contributed by atoms with E-state index >= 15 is 0 Å². The number of hydrogen-bond acceptors (Lipinski definition) is 1. The van der Waals surface area contributed by atoms with Gasteiger partial charge < -0.3 is 4.74 Å². The van der Waals surface area contributed by atoms with Crippen LogP contribution in [0.5, 0.6) is 5.75 Å². The lowest BCUT2D eigenvalue weighted by atomic mass is 10.2. The fourth-order valence-electron chi connectivity index (χ4n) is 0.891. The zero-order chi connectivity index (χ0) is 11.5. The van der Waals surface area contributed by atoms with Crippen molar-refractivity contribution < 1.29 is 22.3 Å². The van der Waals surface area contributed by atoms with E-state index in [0.29, 0.717) is 10.9 Å². The number of hydrogen-bond donors (Lipinski definition) is 0. The highest BCUT2D eigenvalue weighted by Gasteiger charge is 2.28. The maximum Gasteiger partial charge on any atom is 0.422 e. The summed E-state index contributed by atoms with van der Waals surface area (Å²) in [5.41, 5.74) is 0.370. The van der Waals surface area contributed by atoms with E-state index in [0.717, 1.165) is 6.07 Å². The molecule has 0 spiro atoms. The minimum Gasteiger partial charge on any atom is -0.484 e. The molecular formula is C9H7BrF4O. The largest absolute Gasteiger partial charge is 0.484 e. The van der Waals surface area contributed by atoms with Crippen LogP contribution in [0.25, 0.3) is 0 Å². The topological polar surface area (TPSA) is 9.23 Å². The van der Waals surface area contributed by atoms with Gasteiger partial charge in [-0.2, -0.15) is 13.2 Å². The van der Waals surface area contributed by atoms with Crippen LogP contribution in [0.1, 0.15) is 5.56 Å². The van der Waals surface area contributed by atoms with Gasteiger partial charge in [0.15, 0.2) is 6.61 Å². The summed E-state index contributed by atoms with van der Waals surface area (Å²) >= 11 is 3.04. The van der Waals surface area contributed by atoms with E-state index in [2.05, 4.69) is 20.7 Å². The van der Waals surface area contributed by atoms with E-state index in [4.69, 9.17) is 0 Å². The first-order valence-corrected chi connectivity index (χ1v) is 5.08. The van der Waals surface area contributed by atoms with Gasteiger partial charge >= 0.3 is 6.18 Å². The molecule has 0 fully saturated rings. The van der Waals surface area contributed by atoms with Gasteiger partial charge in [-0.25, -0.2) is 4.39 Å². The van der Waals surface area contributed by atoms with Crippen LogP contribution in [-0.4, -0.2) is 12.8 Å². The van der Waals surface area contributed by atoms with E-state index in [1.807, 2.05) is 0 Å². The van der Waals surface area contributed by atoms with Crippen LogP contribution in [0.3, 0.4) is 0 Å². The molecule has 0 radical (unpaired) electrons. The molecule has 6 heteroatoms. The van der Waals surface area contributed by atoms with Gasteiger partial charge in [0, 0.05) is 11.4 Å². The average Bonchev–Trinajstić information content (AvgIpc) is 2.14. The second-order valence-corrected chi connectivity index (χ2v) is 3.35. The number of alkyl halides is 4. The summed E-state index contributed by atoms with van der Waals surface area (Å²) in [4.78, 5) is 0. The predicted octanol–water partition coefficient (Wildman–Crippen LogP) is 3.66. The lowest BCUT2D eigenvalue weighted by Crippen LogP contribution is -2.19. The van der Waals surface area contributed by atoms with Crippen molar-refractivity contribution in [1.82, 2.24) is 0 Å². The Hall–Kier alpha value is -0.780. The summed E-state index contributed by atoms with van der Waals surface area (Å²) in [6, 6.07) is 3.60. The Labute approximate surface area is 92.2 Å². The van der Waals surface area contributed by atoms with Gasteiger partial charge in [-0.1, -0.05) is 22.0 Å². The molecule has 0 heterocycles. The SMILES string of the molecule is Fc1cc(OCC(F)(F)F)ccc1CBr. The smallest absolute Gasteiger partial charge is 0.422 e. The van der Waals surface area contributed by atoms with Crippen LogP contribution in [0.2, 0.25) is 0 Å². The molecule has 0 bridgehead atoms. The predicted molar refractivity (Wildman–Crippen MR) is 50.6 cm³/mol. The molecule has 84 valence electrons.